The summed E-state index contributed by atoms with van der Waals surface area (Å²) in [6.07, 6.45) is -0.504. The van der Waals surface area contributed by atoms with Gasteiger partial charge in [0.25, 0.3) is 5.91 Å². The van der Waals surface area contributed by atoms with Gasteiger partial charge in [-0.3, -0.25) is 4.79 Å². The van der Waals surface area contributed by atoms with E-state index >= 15 is 0 Å². The van der Waals surface area contributed by atoms with Crippen LogP contribution in [0.25, 0.3) is 0 Å². The molecular formula is C16H26N2O2. The maximum Gasteiger partial charge on any atom is 0.263 e. The number of likely N-dealkylation sites (N-methyl/N-ethyl adjacent to an activating group) is 1. The molecule has 1 aromatic rings. The van der Waals surface area contributed by atoms with Crippen LogP contribution >= 0.6 is 0 Å². The van der Waals surface area contributed by atoms with Crippen LogP contribution in [-0.4, -0.2) is 37.0 Å². The molecule has 112 valence electrons. The van der Waals surface area contributed by atoms with Crippen molar-refractivity contribution < 1.29 is 9.53 Å². The lowest BCUT2D eigenvalue weighted by atomic mass is 9.93. The molecule has 1 amide bonds. The molecule has 0 heterocycles. The maximum absolute atomic E-state index is 12.3. The van der Waals surface area contributed by atoms with Crippen LogP contribution in [0, 0.1) is 12.3 Å². The maximum atomic E-state index is 12.3. The molecule has 0 aliphatic carbocycles. The Bertz CT molecular complexity index is 458. The Kier molecular flexibility index (Phi) is 5.57. The van der Waals surface area contributed by atoms with Gasteiger partial charge in [-0.25, -0.2) is 0 Å². The number of aryl methyl sites for hydroxylation is 1. The summed E-state index contributed by atoms with van der Waals surface area (Å²) in [6, 6.07) is 7.70. The molecule has 4 heteroatoms. The van der Waals surface area contributed by atoms with Crippen molar-refractivity contribution in [2.75, 3.05) is 20.1 Å². The van der Waals surface area contributed by atoms with Crippen LogP contribution in [0.3, 0.4) is 0 Å². The van der Waals surface area contributed by atoms with E-state index in [-0.39, 0.29) is 11.3 Å². The molecule has 1 rings (SSSR count). The molecule has 0 aliphatic rings. The van der Waals surface area contributed by atoms with Gasteiger partial charge in [-0.2, -0.15) is 0 Å². The van der Waals surface area contributed by atoms with Crippen LogP contribution in [0.4, 0.5) is 0 Å². The highest BCUT2D eigenvalue weighted by Gasteiger charge is 2.25. The molecule has 1 unspecified atom stereocenters. The first-order chi connectivity index (χ1) is 9.25. The Labute approximate surface area is 121 Å². The summed E-state index contributed by atoms with van der Waals surface area (Å²) in [5, 5.41) is 0. The van der Waals surface area contributed by atoms with Crippen molar-refractivity contribution in [3.05, 3.63) is 29.8 Å². The van der Waals surface area contributed by atoms with Gasteiger partial charge in [-0.15, -0.1) is 0 Å². The Morgan fingerprint density at radius 2 is 2.10 bits per heavy atom. The van der Waals surface area contributed by atoms with Gasteiger partial charge in [0.15, 0.2) is 6.10 Å². The van der Waals surface area contributed by atoms with Crippen LogP contribution in [0.1, 0.15) is 26.3 Å². The summed E-state index contributed by atoms with van der Waals surface area (Å²) < 4.78 is 5.70. The first-order valence-electron chi connectivity index (χ1n) is 6.93. The van der Waals surface area contributed by atoms with Gasteiger partial charge in [0.1, 0.15) is 5.75 Å². The van der Waals surface area contributed by atoms with Crippen LogP contribution in [0.5, 0.6) is 5.75 Å². The summed E-state index contributed by atoms with van der Waals surface area (Å²) in [4.78, 5) is 14.0. The van der Waals surface area contributed by atoms with E-state index < -0.39 is 6.10 Å². The summed E-state index contributed by atoms with van der Waals surface area (Å²) >= 11 is 0. The number of hydrogen-bond acceptors (Lipinski definition) is 3. The average molecular weight is 278 g/mol. The van der Waals surface area contributed by atoms with Crippen molar-refractivity contribution in [2.45, 2.75) is 33.8 Å². The molecule has 0 saturated carbocycles. The summed E-state index contributed by atoms with van der Waals surface area (Å²) in [6.45, 7) is 9.01. The number of nitrogens with two attached hydrogens (primary N) is 1. The fourth-order valence-electron chi connectivity index (χ4n) is 2.04. The zero-order valence-corrected chi connectivity index (χ0v) is 13.1. The standard InChI is InChI=1S/C16H26N2O2/c1-12-7-6-8-14(9-12)20-13(2)15(19)18(5)11-16(3,4)10-17/h6-9,13H,10-11,17H2,1-5H3. The Morgan fingerprint density at radius 1 is 1.45 bits per heavy atom. The smallest absolute Gasteiger partial charge is 0.263 e. The largest absolute Gasteiger partial charge is 0.481 e. The van der Waals surface area contributed by atoms with Gasteiger partial charge in [-0.1, -0.05) is 26.0 Å². The quantitative estimate of drug-likeness (QED) is 0.868. The number of benzene rings is 1. The Balaban J connectivity index is 2.63. The number of hydrogen-bond donors (Lipinski definition) is 1. The van der Waals surface area contributed by atoms with Gasteiger partial charge in [0, 0.05) is 13.6 Å². The van der Waals surface area contributed by atoms with E-state index in [1.165, 1.54) is 0 Å². The molecule has 0 saturated heterocycles. The minimum absolute atomic E-state index is 0.0342. The zero-order valence-electron chi connectivity index (χ0n) is 13.1. The first-order valence-corrected chi connectivity index (χ1v) is 6.93. The normalized spacial score (nSPS) is 12.9. The molecule has 20 heavy (non-hydrogen) atoms. The highest BCUT2D eigenvalue weighted by molar-refractivity contribution is 5.80. The van der Waals surface area contributed by atoms with Crippen molar-refractivity contribution in [3.8, 4) is 5.75 Å². The molecule has 0 fully saturated rings. The van der Waals surface area contributed by atoms with E-state index in [2.05, 4.69) is 0 Å². The Morgan fingerprint density at radius 3 is 2.65 bits per heavy atom. The van der Waals surface area contributed by atoms with Crippen molar-refractivity contribution in [3.63, 3.8) is 0 Å². The average Bonchev–Trinajstić information content (AvgIpc) is 2.37. The summed E-state index contributed by atoms with van der Waals surface area (Å²) in [7, 11) is 1.79. The molecule has 1 atom stereocenters. The molecule has 4 nitrogen and oxygen atoms in total. The van der Waals surface area contributed by atoms with E-state index in [0.717, 1.165) is 11.3 Å². The molecule has 0 aliphatic heterocycles. The van der Waals surface area contributed by atoms with Crippen molar-refractivity contribution in [2.24, 2.45) is 11.1 Å². The van der Waals surface area contributed by atoms with E-state index in [4.69, 9.17) is 10.5 Å². The lowest BCUT2D eigenvalue weighted by Gasteiger charge is -2.30. The number of nitrogens with zero attached hydrogens (tertiary/aromatic N) is 1. The zero-order chi connectivity index (χ0) is 15.3. The molecule has 1 aromatic carbocycles. The second kappa shape index (κ2) is 6.75. The minimum Gasteiger partial charge on any atom is -0.481 e. The summed E-state index contributed by atoms with van der Waals surface area (Å²) in [5.41, 5.74) is 6.72. The number of rotatable bonds is 6. The van der Waals surface area contributed by atoms with E-state index in [1.54, 1.807) is 18.9 Å². The first kappa shape index (κ1) is 16.5. The van der Waals surface area contributed by atoms with Crippen molar-refractivity contribution in [1.29, 1.82) is 0 Å². The van der Waals surface area contributed by atoms with Crippen molar-refractivity contribution >= 4 is 5.91 Å². The van der Waals surface area contributed by atoms with Crippen LogP contribution in [-0.2, 0) is 4.79 Å². The minimum atomic E-state index is -0.504. The molecular weight excluding hydrogens is 252 g/mol. The van der Waals surface area contributed by atoms with Crippen molar-refractivity contribution in [1.82, 2.24) is 4.90 Å². The lowest BCUT2D eigenvalue weighted by molar-refractivity contribution is -0.137. The van der Waals surface area contributed by atoms with Crippen LogP contribution in [0.2, 0.25) is 0 Å². The Hall–Kier alpha value is -1.55. The lowest BCUT2D eigenvalue weighted by Crippen LogP contribution is -2.44. The molecule has 0 spiro atoms. The number of carbonyl (C=O) groups is 1. The SMILES string of the molecule is Cc1cccc(OC(C)C(=O)N(C)CC(C)(C)CN)c1. The monoisotopic (exact) mass is 278 g/mol. The van der Waals surface area contributed by atoms with Crippen LogP contribution in [0.15, 0.2) is 24.3 Å². The highest BCUT2D eigenvalue weighted by Crippen LogP contribution is 2.17. The number of ether oxygens (including phenoxy) is 1. The fraction of sp³-hybridized carbons (Fsp3) is 0.562. The van der Waals surface area contributed by atoms with Gasteiger partial charge >= 0.3 is 0 Å². The molecule has 0 bridgehead atoms. The van der Waals surface area contributed by atoms with Gasteiger partial charge in [0.2, 0.25) is 0 Å². The molecule has 2 N–H and O–H groups in total. The number of carbonyl (C=O) groups excluding carboxylic acids is 1. The predicted octanol–water partition coefficient (Wildman–Crippen LogP) is 2.21. The van der Waals surface area contributed by atoms with Gasteiger partial charge in [-0.05, 0) is 43.5 Å². The topological polar surface area (TPSA) is 55.6 Å². The molecule has 0 aromatic heterocycles. The van der Waals surface area contributed by atoms with E-state index in [0.29, 0.717) is 13.1 Å². The molecule has 0 radical (unpaired) electrons. The second-order valence-corrected chi connectivity index (χ2v) is 6.14. The third-order valence-corrected chi connectivity index (χ3v) is 3.24. The number of amides is 1. The van der Waals surface area contributed by atoms with Gasteiger partial charge in [0.05, 0.1) is 0 Å². The van der Waals surface area contributed by atoms with E-state index in [1.807, 2.05) is 45.0 Å². The summed E-state index contributed by atoms with van der Waals surface area (Å²) in [5.74, 6) is 0.686. The third-order valence-electron chi connectivity index (χ3n) is 3.24. The van der Waals surface area contributed by atoms with Crippen LogP contribution < -0.4 is 10.5 Å². The highest BCUT2D eigenvalue weighted by atomic mass is 16.5. The predicted molar refractivity (Wildman–Crippen MR) is 81.7 cm³/mol. The third kappa shape index (κ3) is 4.85. The van der Waals surface area contributed by atoms with E-state index in [9.17, 15) is 4.79 Å². The van der Waals surface area contributed by atoms with Gasteiger partial charge < -0.3 is 15.4 Å². The second-order valence-electron chi connectivity index (χ2n) is 6.14. The fourth-order valence-corrected chi connectivity index (χ4v) is 2.04.